The monoisotopic (exact) mass is 552 g/mol. The largest absolute Gasteiger partial charge is 0.338 e. The molecule has 2 aromatic rings. The van der Waals surface area contributed by atoms with Gasteiger partial charge in [-0.3, -0.25) is 0 Å². The van der Waals surface area contributed by atoms with Gasteiger partial charge in [0.25, 0.3) is 0 Å². The van der Waals surface area contributed by atoms with Gasteiger partial charge in [0.2, 0.25) is 0 Å². The number of hydrogen-bond donors (Lipinski definition) is 0. The number of benzene rings is 2. The molecule has 2 heteroatoms. The summed E-state index contributed by atoms with van der Waals surface area (Å²) in [5.41, 5.74) is 12.2. The van der Waals surface area contributed by atoms with E-state index in [9.17, 15) is 0 Å². The normalized spacial score (nSPS) is 23.2. The molecule has 3 atom stereocenters. The lowest BCUT2D eigenvalue weighted by Crippen LogP contribution is -2.33. The van der Waals surface area contributed by atoms with Gasteiger partial charge in [-0.25, -0.2) is 0 Å². The van der Waals surface area contributed by atoms with E-state index in [0.29, 0.717) is 18.0 Å². The lowest BCUT2D eigenvalue weighted by Gasteiger charge is -2.38. The van der Waals surface area contributed by atoms with Crippen LogP contribution in [-0.2, 0) is 0 Å². The molecule has 0 radical (unpaired) electrons. The highest BCUT2D eigenvalue weighted by Gasteiger charge is 2.25. The molecule has 0 saturated carbocycles. The Balaban J connectivity index is 1.27. The minimum absolute atomic E-state index is 0.312. The van der Waals surface area contributed by atoms with E-state index in [4.69, 9.17) is 0 Å². The van der Waals surface area contributed by atoms with Crippen molar-refractivity contribution in [3.05, 3.63) is 149 Å². The molecule has 0 bridgehead atoms. The van der Waals surface area contributed by atoms with Crippen molar-refractivity contribution in [2.24, 2.45) is 5.92 Å². The van der Waals surface area contributed by atoms with Crippen LogP contribution in [0.2, 0.25) is 0 Å². The van der Waals surface area contributed by atoms with E-state index < -0.39 is 0 Å². The van der Waals surface area contributed by atoms with Crippen molar-refractivity contribution in [1.29, 1.82) is 0 Å². The highest BCUT2D eigenvalue weighted by atomic mass is 15.2. The fraction of sp³-hybridized carbons (Fsp3) is 0.300. The second kappa shape index (κ2) is 12.4. The first kappa shape index (κ1) is 28.1. The molecule has 214 valence electrons. The first-order valence-electron chi connectivity index (χ1n) is 15.7. The molecule has 0 saturated heterocycles. The summed E-state index contributed by atoms with van der Waals surface area (Å²) in [6, 6.07) is 16.8. The fourth-order valence-electron chi connectivity index (χ4n) is 6.49. The van der Waals surface area contributed by atoms with E-state index in [1.807, 2.05) is 0 Å². The number of anilines is 2. The molecule has 0 heterocycles. The van der Waals surface area contributed by atoms with Gasteiger partial charge < -0.3 is 9.80 Å². The summed E-state index contributed by atoms with van der Waals surface area (Å²) in [6.07, 6.45) is 32.8. The predicted molar refractivity (Wildman–Crippen MR) is 181 cm³/mol. The van der Waals surface area contributed by atoms with Crippen molar-refractivity contribution in [3.63, 3.8) is 0 Å². The summed E-state index contributed by atoms with van der Waals surface area (Å²) < 4.78 is 0. The Hall–Kier alpha value is -4.04. The molecular weight excluding hydrogens is 508 g/mol. The quantitative estimate of drug-likeness (QED) is 0.337. The van der Waals surface area contributed by atoms with Crippen LogP contribution in [0.15, 0.2) is 132 Å². The fourth-order valence-corrected chi connectivity index (χ4v) is 6.49. The molecule has 4 aliphatic carbocycles. The maximum atomic E-state index is 2.60. The van der Waals surface area contributed by atoms with E-state index in [2.05, 4.69) is 153 Å². The van der Waals surface area contributed by atoms with E-state index in [1.165, 1.54) is 50.6 Å². The summed E-state index contributed by atoms with van der Waals surface area (Å²) in [4.78, 5) is 5.08. The van der Waals surface area contributed by atoms with Crippen LogP contribution in [0, 0.1) is 19.8 Å². The summed E-state index contributed by atoms with van der Waals surface area (Å²) in [6.45, 7) is 9.01. The molecule has 0 spiro atoms. The van der Waals surface area contributed by atoms with Crippen LogP contribution in [0.25, 0.3) is 5.57 Å². The topological polar surface area (TPSA) is 6.48 Å². The highest BCUT2D eigenvalue weighted by Crippen LogP contribution is 2.37. The molecule has 2 nitrogen and oxygen atoms in total. The minimum Gasteiger partial charge on any atom is -0.338 e. The average molecular weight is 553 g/mol. The molecular formula is C40H44N2. The number of aryl methyl sites for hydroxylation is 2. The third kappa shape index (κ3) is 5.95. The van der Waals surface area contributed by atoms with Crippen LogP contribution in [0.3, 0.4) is 0 Å². The standard InChI is InChI=1S/C40H44N2/c1-29-15-21-39(27-31(29)3)41(35-11-7-5-8-12-35)37-23-17-33(18-24-37)34-19-25-38(26-20-34)42(36-13-9-6-10-14-36)40-22-16-30(2)32(4)28-40/h5-11,13,15,17-19,21-25,27-28,30,35-36H,12,14,16,20,26H2,1-4H3. The first-order valence-corrected chi connectivity index (χ1v) is 15.7. The van der Waals surface area contributed by atoms with Gasteiger partial charge in [0, 0.05) is 22.8 Å². The van der Waals surface area contributed by atoms with Gasteiger partial charge in [-0.2, -0.15) is 0 Å². The minimum atomic E-state index is 0.312. The highest BCUT2D eigenvalue weighted by molar-refractivity contribution is 5.73. The molecule has 0 fully saturated rings. The molecule has 4 aliphatic rings. The lowest BCUT2D eigenvalue weighted by molar-refractivity contribution is 0.354. The van der Waals surface area contributed by atoms with E-state index >= 15 is 0 Å². The maximum absolute atomic E-state index is 2.60. The first-order chi connectivity index (χ1) is 20.5. The van der Waals surface area contributed by atoms with Crippen molar-refractivity contribution in [2.75, 3.05) is 4.90 Å². The van der Waals surface area contributed by atoms with Gasteiger partial charge in [0.1, 0.15) is 0 Å². The SMILES string of the molecule is CC1=CC(N(C2=CC=C(c3ccc(N(c4ccc(C)c(C)c4)C4C=CC=CC4)cc3)CC2)C2C=CC=CC2)=CCC1C. The van der Waals surface area contributed by atoms with Crippen LogP contribution >= 0.6 is 0 Å². The predicted octanol–water partition coefficient (Wildman–Crippen LogP) is 10.4. The van der Waals surface area contributed by atoms with E-state index in [-0.39, 0.29) is 0 Å². The Morgan fingerprint density at radius 1 is 0.667 bits per heavy atom. The number of hydrogen-bond acceptors (Lipinski definition) is 2. The van der Waals surface area contributed by atoms with Crippen LogP contribution in [-0.4, -0.2) is 17.0 Å². The Morgan fingerprint density at radius 2 is 1.36 bits per heavy atom. The number of allylic oxidation sites excluding steroid dienone is 11. The third-order valence-corrected chi connectivity index (χ3v) is 9.41. The van der Waals surface area contributed by atoms with E-state index in [1.54, 1.807) is 0 Å². The molecule has 0 N–H and O–H groups in total. The lowest BCUT2D eigenvalue weighted by atomic mass is 9.90. The van der Waals surface area contributed by atoms with Gasteiger partial charge in [-0.05, 0) is 117 Å². The van der Waals surface area contributed by atoms with Gasteiger partial charge in [-0.15, -0.1) is 0 Å². The van der Waals surface area contributed by atoms with Crippen molar-refractivity contribution in [3.8, 4) is 0 Å². The average Bonchev–Trinajstić information content (AvgIpc) is 3.03. The summed E-state index contributed by atoms with van der Waals surface area (Å²) in [7, 11) is 0. The zero-order chi connectivity index (χ0) is 29.1. The van der Waals surface area contributed by atoms with Crippen molar-refractivity contribution in [1.82, 2.24) is 4.90 Å². The molecule has 3 unspecified atom stereocenters. The molecule has 6 rings (SSSR count). The molecule has 0 aliphatic heterocycles. The van der Waals surface area contributed by atoms with Gasteiger partial charge in [0.15, 0.2) is 0 Å². The van der Waals surface area contributed by atoms with Gasteiger partial charge in [-0.1, -0.05) is 91.5 Å². The Labute approximate surface area is 253 Å². The molecule has 0 aromatic heterocycles. The molecule has 0 amide bonds. The Bertz CT molecular complexity index is 1550. The summed E-state index contributed by atoms with van der Waals surface area (Å²) >= 11 is 0. The summed E-state index contributed by atoms with van der Waals surface area (Å²) in [5.74, 6) is 0.628. The van der Waals surface area contributed by atoms with Crippen molar-refractivity contribution < 1.29 is 0 Å². The molecule has 42 heavy (non-hydrogen) atoms. The van der Waals surface area contributed by atoms with Crippen molar-refractivity contribution in [2.45, 2.75) is 71.9 Å². The van der Waals surface area contributed by atoms with Gasteiger partial charge >= 0.3 is 0 Å². The Morgan fingerprint density at radius 3 is 1.95 bits per heavy atom. The second-order valence-corrected chi connectivity index (χ2v) is 12.3. The second-order valence-electron chi connectivity index (χ2n) is 12.3. The summed E-state index contributed by atoms with van der Waals surface area (Å²) in [5, 5.41) is 0. The Kier molecular flexibility index (Phi) is 8.33. The van der Waals surface area contributed by atoms with Crippen LogP contribution in [0.5, 0.6) is 0 Å². The number of nitrogens with zero attached hydrogens (tertiary/aromatic N) is 2. The number of rotatable bonds is 7. The third-order valence-electron chi connectivity index (χ3n) is 9.41. The van der Waals surface area contributed by atoms with Crippen LogP contribution < -0.4 is 4.90 Å². The smallest absolute Gasteiger partial charge is 0.0559 e. The van der Waals surface area contributed by atoms with E-state index in [0.717, 1.165) is 32.1 Å². The van der Waals surface area contributed by atoms with Gasteiger partial charge in [0.05, 0.1) is 12.1 Å². The van der Waals surface area contributed by atoms with Crippen LogP contribution in [0.4, 0.5) is 11.4 Å². The van der Waals surface area contributed by atoms with Crippen molar-refractivity contribution >= 4 is 16.9 Å². The maximum Gasteiger partial charge on any atom is 0.0559 e. The van der Waals surface area contributed by atoms with Crippen LogP contribution in [0.1, 0.15) is 62.6 Å². The molecule has 2 aromatic carbocycles. The zero-order valence-electron chi connectivity index (χ0n) is 25.6. The zero-order valence-corrected chi connectivity index (χ0v) is 25.6.